The van der Waals surface area contributed by atoms with E-state index in [0.717, 1.165) is 50.4 Å². The van der Waals surface area contributed by atoms with Crippen LogP contribution in [0.25, 0.3) is 0 Å². The predicted octanol–water partition coefficient (Wildman–Crippen LogP) is 1.88. The maximum Gasteiger partial charge on any atom is 0.223 e. The van der Waals surface area contributed by atoms with Crippen LogP contribution in [-0.4, -0.2) is 35.4 Å². The van der Waals surface area contributed by atoms with Gasteiger partial charge in [-0.25, -0.2) is 0 Å². The number of amides is 1. The van der Waals surface area contributed by atoms with Crippen molar-refractivity contribution < 1.29 is 4.79 Å². The van der Waals surface area contributed by atoms with Crippen LogP contribution in [-0.2, 0) is 11.3 Å². The number of likely N-dealkylation sites (tertiary alicyclic amines) is 1. The third-order valence-electron chi connectivity index (χ3n) is 3.48. The molecule has 1 aromatic heterocycles. The number of hydrogen-bond donors (Lipinski definition) is 1. The Labute approximate surface area is 115 Å². The summed E-state index contributed by atoms with van der Waals surface area (Å²) >= 11 is 0. The molecule has 0 spiro atoms. The van der Waals surface area contributed by atoms with E-state index in [1.165, 1.54) is 6.42 Å². The fourth-order valence-corrected chi connectivity index (χ4v) is 2.41. The molecule has 4 heteroatoms. The number of carbonyl (C=O) groups excluding carboxylic acids is 1. The van der Waals surface area contributed by atoms with Gasteiger partial charge in [0, 0.05) is 38.3 Å². The van der Waals surface area contributed by atoms with Crippen LogP contribution in [0.15, 0.2) is 18.2 Å². The third-order valence-corrected chi connectivity index (χ3v) is 3.48. The van der Waals surface area contributed by atoms with E-state index in [0.29, 0.717) is 6.42 Å². The molecule has 0 unspecified atom stereocenters. The van der Waals surface area contributed by atoms with Gasteiger partial charge >= 0.3 is 0 Å². The monoisotopic (exact) mass is 261 g/mol. The summed E-state index contributed by atoms with van der Waals surface area (Å²) in [5.74, 6) is 0.282. The summed E-state index contributed by atoms with van der Waals surface area (Å²) in [6.07, 6.45) is 4.17. The lowest BCUT2D eigenvalue weighted by Crippen LogP contribution is -2.37. The van der Waals surface area contributed by atoms with E-state index in [9.17, 15) is 4.79 Å². The number of aryl methyl sites for hydroxylation is 1. The van der Waals surface area contributed by atoms with Gasteiger partial charge in [-0.15, -0.1) is 0 Å². The highest BCUT2D eigenvalue weighted by Gasteiger charge is 2.15. The quantitative estimate of drug-likeness (QED) is 0.823. The molecule has 1 fully saturated rings. The van der Waals surface area contributed by atoms with Crippen molar-refractivity contribution >= 4 is 5.91 Å². The first-order chi connectivity index (χ1) is 9.25. The average molecular weight is 261 g/mol. The highest BCUT2D eigenvalue weighted by atomic mass is 16.2. The molecule has 0 aliphatic carbocycles. The van der Waals surface area contributed by atoms with Crippen LogP contribution < -0.4 is 5.32 Å². The minimum absolute atomic E-state index is 0.282. The lowest BCUT2D eigenvalue weighted by atomic mass is 10.1. The number of carbonyl (C=O) groups is 1. The fraction of sp³-hybridized carbons (Fsp3) is 0.600. The Bertz CT molecular complexity index is 414. The molecule has 1 saturated heterocycles. The fourth-order valence-electron chi connectivity index (χ4n) is 2.41. The summed E-state index contributed by atoms with van der Waals surface area (Å²) in [6, 6.07) is 6.01. The van der Waals surface area contributed by atoms with Crippen molar-refractivity contribution in [3.05, 3.63) is 29.6 Å². The minimum atomic E-state index is 0.282. The third kappa shape index (κ3) is 4.63. The highest BCUT2D eigenvalue weighted by Crippen LogP contribution is 2.09. The van der Waals surface area contributed by atoms with Crippen LogP contribution >= 0.6 is 0 Å². The van der Waals surface area contributed by atoms with Gasteiger partial charge in [0.1, 0.15) is 0 Å². The van der Waals surface area contributed by atoms with Gasteiger partial charge in [0.05, 0.1) is 5.69 Å². The van der Waals surface area contributed by atoms with Crippen molar-refractivity contribution in [2.75, 3.05) is 19.6 Å². The van der Waals surface area contributed by atoms with Crippen LogP contribution in [0.1, 0.15) is 37.1 Å². The molecule has 0 aromatic carbocycles. The first kappa shape index (κ1) is 14.0. The number of hydrogen-bond acceptors (Lipinski definition) is 3. The number of aromatic nitrogens is 1. The molecule has 1 amide bonds. The number of nitrogens with zero attached hydrogens (tertiary/aromatic N) is 2. The van der Waals surface area contributed by atoms with Gasteiger partial charge in [-0.2, -0.15) is 0 Å². The molecular weight excluding hydrogens is 238 g/mol. The van der Waals surface area contributed by atoms with E-state index in [1.807, 2.05) is 30.0 Å². The Morgan fingerprint density at radius 3 is 2.84 bits per heavy atom. The SMILES string of the molecule is Cc1cccc(CNCCC(=O)N2CCCCC2)n1. The number of pyridine rings is 1. The van der Waals surface area contributed by atoms with E-state index < -0.39 is 0 Å². The van der Waals surface area contributed by atoms with E-state index in [2.05, 4.69) is 10.3 Å². The Morgan fingerprint density at radius 1 is 1.32 bits per heavy atom. The summed E-state index contributed by atoms with van der Waals surface area (Å²) in [5.41, 5.74) is 2.06. The molecule has 0 saturated carbocycles. The Hall–Kier alpha value is -1.42. The molecule has 1 aliphatic rings. The predicted molar refractivity (Wildman–Crippen MR) is 75.7 cm³/mol. The van der Waals surface area contributed by atoms with Crippen molar-refractivity contribution in [3.8, 4) is 0 Å². The van der Waals surface area contributed by atoms with Crippen LogP contribution in [0.4, 0.5) is 0 Å². The van der Waals surface area contributed by atoms with Crippen molar-refractivity contribution in [1.29, 1.82) is 0 Å². The Balaban J connectivity index is 1.65. The zero-order chi connectivity index (χ0) is 13.5. The van der Waals surface area contributed by atoms with E-state index in [4.69, 9.17) is 0 Å². The second-order valence-corrected chi connectivity index (χ2v) is 5.14. The number of nitrogens with one attached hydrogen (secondary N) is 1. The maximum absolute atomic E-state index is 11.9. The maximum atomic E-state index is 11.9. The zero-order valence-corrected chi connectivity index (χ0v) is 11.7. The minimum Gasteiger partial charge on any atom is -0.343 e. The zero-order valence-electron chi connectivity index (χ0n) is 11.7. The molecule has 2 heterocycles. The lowest BCUT2D eigenvalue weighted by Gasteiger charge is -2.26. The van der Waals surface area contributed by atoms with Gasteiger partial charge in [-0.05, 0) is 38.3 Å². The highest BCUT2D eigenvalue weighted by molar-refractivity contribution is 5.76. The van der Waals surface area contributed by atoms with Crippen molar-refractivity contribution in [2.24, 2.45) is 0 Å². The van der Waals surface area contributed by atoms with Gasteiger partial charge in [-0.3, -0.25) is 9.78 Å². The number of rotatable bonds is 5. The van der Waals surface area contributed by atoms with E-state index in [-0.39, 0.29) is 5.91 Å². The molecule has 1 aliphatic heterocycles. The lowest BCUT2D eigenvalue weighted by molar-refractivity contribution is -0.131. The summed E-state index contributed by atoms with van der Waals surface area (Å²) < 4.78 is 0. The molecule has 1 N–H and O–H groups in total. The molecule has 104 valence electrons. The summed E-state index contributed by atoms with van der Waals surface area (Å²) in [5, 5.41) is 3.29. The molecule has 4 nitrogen and oxygen atoms in total. The molecule has 19 heavy (non-hydrogen) atoms. The van der Waals surface area contributed by atoms with Crippen molar-refractivity contribution in [2.45, 2.75) is 39.2 Å². The molecular formula is C15H23N3O. The van der Waals surface area contributed by atoms with Gasteiger partial charge in [0.2, 0.25) is 5.91 Å². The molecule has 2 rings (SSSR count). The Morgan fingerprint density at radius 2 is 2.11 bits per heavy atom. The van der Waals surface area contributed by atoms with Crippen LogP contribution in [0.5, 0.6) is 0 Å². The number of piperidine rings is 1. The van der Waals surface area contributed by atoms with Crippen molar-refractivity contribution in [3.63, 3.8) is 0 Å². The molecule has 0 atom stereocenters. The second-order valence-electron chi connectivity index (χ2n) is 5.14. The normalized spacial score (nSPS) is 15.5. The van der Waals surface area contributed by atoms with Crippen molar-refractivity contribution in [1.82, 2.24) is 15.2 Å². The van der Waals surface area contributed by atoms with Crippen LogP contribution in [0, 0.1) is 6.92 Å². The van der Waals surface area contributed by atoms with Gasteiger partial charge in [0.25, 0.3) is 0 Å². The van der Waals surface area contributed by atoms with E-state index in [1.54, 1.807) is 0 Å². The standard InChI is InChI=1S/C15H23N3O/c1-13-6-5-7-14(17-13)12-16-9-8-15(19)18-10-3-2-4-11-18/h5-7,16H,2-4,8-12H2,1H3. The second kappa shape index (κ2) is 7.24. The smallest absolute Gasteiger partial charge is 0.223 e. The summed E-state index contributed by atoms with van der Waals surface area (Å²) in [6.45, 7) is 5.33. The molecule has 0 bridgehead atoms. The van der Waals surface area contributed by atoms with Crippen LogP contribution in [0.2, 0.25) is 0 Å². The van der Waals surface area contributed by atoms with Gasteiger partial charge in [-0.1, -0.05) is 6.07 Å². The Kier molecular flexibility index (Phi) is 5.33. The first-order valence-corrected chi connectivity index (χ1v) is 7.17. The van der Waals surface area contributed by atoms with E-state index >= 15 is 0 Å². The topological polar surface area (TPSA) is 45.2 Å². The summed E-state index contributed by atoms with van der Waals surface area (Å²) in [4.78, 5) is 18.4. The van der Waals surface area contributed by atoms with Gasteiger partial charge in [0.15, 0.2) is 0 Å². The average Bonchev–Trinajstić information content (AvgIpc) is 2.44. The van der Waals surface area contributed by atoms with Gasteiger partial charge < -0.3 is 10.2 Å². The summed E-state index contributed by atoms with van der Waals surface area (Å²) in [7, 11) is 0. The largest absolute Gasteiger partial charge is 0.343 e. The van der Waals surface area contributed by atoms with Crippen LogP contribution in [0.3, 0.4) is 0 Å². The molecule has 1 aromatic rings. The first-order valence-electron chi connectivity index (χ1n) is 7.17. The molecule has 0 radical (unpaired) electrons.